The third kappa shape index (κ3) is 2.01. The summed E-state index contributed by atoms with van der Waals surface area (Å²) in [7, 11) is 2.13. The first-order valence-electron chi connectivity index (χ1n) is 6.23. The Morgan fingerprint density at radius 1 is 1.33 bits per heavy atom. The lowest BCUT2D eigenvalue weighted by Crippen LogP contribution is -2.34. The number of aromatic amines is 1. The van der Waals surface area contributed by atoms with Gasteiger partial charge in [-0.25, -0.2) is 4.79 Å². The van der Waals surface area contributed by atoms with Gasteiger partial charge in [0.1, 0.15) is 0 Å². The Hall–Kier alpha value is -1.07. The number of benzene rings is 1. The third-order valence-corrected chi connectivity index (χ3v) is 4.23. The van der Waals surface area contributed by atoms with Gasteiger partial charge < -0.3 is 9.88 Å². The van der Waals surface area contributed by atoms with Gasteiger partial charge in [-0.3, -0.25) is 4.57 Å². The Kier molecular flexibility index (Phi) is 3.03. The van der Waals surface area contributed by atoms with Gasteiger partial charge >= 0.3 is 5.69 Å². The van der Waals surface area contributed by atoms with Crippen LogP contribution in [0.15, 0.2) is 27.5 Å². The maximum absolute atomic E-state index is 12.1. The first-order valence-corrected chi connectivity index (χ1v) is 7.03. The molecule has 0 spiro atoms. The zero-order chi connectivity index (χ0) is 12.7. The highest BCUT2D eigenvalue weighted by molar-refractivity contribution is 9.10. The van der Waals surface area contributed by atoms with E-state index in [9.17, 15) is 4.79 Å². The minimum Gasteiger partial charge on any atom is -0.306 e. The Morgan fingerprint density at radius 2 is 2.06 bits per heavy atom. The van der Waals surface area contributed by atoms with Gasteiger partial charge in [-0.05, 0) is 51.2 Å². The molecule has 1 aliphatic rings. The first-order chi connectivity index (χ1) is 8.65. The molecule has 0 aliphatic carbocycles. The molecule has 18 heavy (non-hydrogen) atoms. The molecule has 3 rings (SSSR count). The number of nitrogens with one attached hydrogen (secondary N) is 1. The quantitative estimate of drug-likeness (QED) is 0.878. The number of fused-ring (bicyclic) bond motifs is 1. The highest BCUT2D eigenvalue weighted by Gasteiger charge is 2.21. The molecule has 5 heteroatoms. The van der Waals surface area contributed by atoms with Crippen LogP contribution in [0, 0.1) is 0 Å². The van der Waals surface area contributed by atoms with Crippen LogP contribution in [-0.4, -0.2) is 34.6 Å². The molecule has 1 aromatic carbocycles. The second-order valence-electron chi connectivity index (χ2n) is 5.00. The standard InChI is InChI=1S/C13H16BrN3O/c1-16-6-4-10(5-7-16)17-12-3-2-9(14)8-11(12)15-13(17)18/h2-3,8,10H,4-7H2,1H3,(H,15,18). The monoisotopic (exact) mass is 309 g/mol. The van der Waals surface area contributed by atoms with Crippen molar-refractivity contribution in [2.45, 2.75) is 18.9 Å². The van der Waals surface area contributed by atoms with Crippen LogP contribution in [0.25, 0.3) is 11.0 Å². The highest BCUT2D eigenvalue weighted by Crippen LogP contribution is 2.25. The van der Waals surface area contributed by atoms with Gasteiger partial charge in [0.2, 0.25) is 0 Å². The van der Waals surface area contributed by atoms with Gasteiger partial charge in [-0.2, -0.15) is 0 Å². The van der Waals surface area contributed by atoms with Crippen LogP contribution in [0.5, 0.6) is 0 Å². The third-order valence-electron chi connectivity index (χ3n) is 3.73. The summed E-state index contributed by atoms with van der Waals surface area (Å²) in [6.45, 7) is 2.11. The Bertz CT molecular complexity index is 623. The van der Waals surface area contributed by atoms with Crippen LogP contribution in [0.3, 0.4) is 0 Å². The lowest BCUT2D eigenvalue weighted by Gasteiger charge is -2.29. The molecule has 96 valence electrons. The average Bonchev–Trinajstić information content (AvgIpc) is 2.65. The predicted octanol–water partition coefficient (Wildman–Crippen LogP) is 2.36. The fourth-order valence-electron chi connectivity index (χ4n) is 2.72. The van der Waals surface area contributed by atoms with E-state index < -0.39 is 0 Å². The largest absolute Gasteiger partial charge is 0.326 e. The summed E-state index contributed by atoms with van der Waals surface area (Å²) in [6.07, 6.45) is 2.08. The summed E-state index contributed by atoms with van der Waals surface area (Å²) in [4.78, 5) is 17.4. The van der Waals surface area contributed by atoms with Gasteiger partial charge in [-0.1, -0.05) is 15.9 Å². The van der Waals surface area contributed by atoms with E-state index in [0.717, 1.165) is 41.4 Å². The molecule has 2 aromatic rings. The molecule has 0 unspecified atom stereocenters. The summed E-state index contributed by atoms with van der Waals surface area (Å²) in [6, 6.07) is 6.28. The van der Waals surface area contributed by atoms with E-state index in [1.165, 1.54) is 0 Å². The van der Waals surface area contributed by atoms with Crippen molar-refractivity contribution in [1.82, 2.24) is 14.5 Å². The van der Waals surface area contributed by atoms with Crippen molar-refractivity contribution < 1.29 is 0 Å². The van der Waals surface area contributed by atoms with Gasteiger partial charge in [0, 0.05) is 10.5 Å². The van der Waals surface area contributed by atoms with Gasteiger partial charge in [0.15, 0.2) is 0 Å². The summed E-state index contributed by atoms with van der Waals surface area (Å²) < 4.78 is 2.92. The molecule has 1 aromatic heterocycles. The fraction of sp³-hybridized carbons (Fsp3) is 0.462. The Labute approximate surface area is 114 Å². The smallest absolute Gasteiger partial charge is 0.306 e. The molecule has 0 saturated carbocycles. The SMILES string of the molecule is CN1CCC(n2c(=O)[nH]c3cc(Br)ccc32)CC1. The van der Waals surface area contributed by atoms with E-state index >= 15 is 0 Å². The molecule has 1 N–H and O–H groups in total. The zero-order valence-electron chi connectivity index (χ0n) is 10.3. The van der Waals surface area contributed by atoms with Gasteiger partial charge in [0.25, 0.3) is 0 Å². The van der Waals surface area contributed by atoms with E-state index in [2.05, 4.69) is 32.9 Å². The number of piperidine rings is 1. The zero-order valence-corrected chi connectivity index (χ0v) is 11.9. The minimum atomic E-state index is 0.0117. The average molecular weight is 310 g/mol. The number of hydrogen-bond donors (Lipinski definition) is 1. The topological polar surface area (TPSA) is 41.0 Å². The van der Waals surface area contributed by atoms with Crippen LogP contribution in [-0.2, 0) is 0 Å². The summed E-state index contributed by atoms with van der Waals surface area (Å²) in [5.74, 6) is 0. The Balaban J connectivity index is 2.06. The van der Waals surface area contributed by atoms with E-state index in [-0.39, 0.29) is 5.69 Å². The maximum Gasteiger partial charge on any atom is 0.326 e. The summed E-state index contributed by atoms with van der Waals surface area (Å²) >= 11 is 3.43. The molecule has 1 aliphatic heterocycles. The second kappa shape index (κ2) is 4.55. The number of halogens is 1. The number of H-pyrrole nitrogens is 1. The van der Waals surface area contributed by atoms with Crippen LogP contribution >= 0.6 is 15.9 Å². The van der Waals surface area contributed by atoms with Gasteiger partial charge in [-0.15, -0.1) is 0 Å². The van der Waals surface area contributed by atoms with Crippen molar-refractivity contribution in [3.63, 3.8) is 0 Å². The van der Waals surface area contributed by atoms with Crippen LogP contribution in [0.4, 0.5) is 0 Å². The predicted molar refractivity (Wildman–Crippen MR) is 76.0 cm³/mol. The lowest BCUT2D eigenvalue weighted by molar-refractivity contribution is 0.221. The second-order valence-corrected chi connectivity index (χ2v) is 5.91. The number of nitrogens with zero attached hydrogens (tertiary/aromatic N) is 2. The molecule has 4 nitrogen and oxygen atoms in total. The van der Waals surface area contributed by atoms with E-state index in [4.69, 9.17) is 0 Å². The summed E-state index contributed by atoms with van der Waals surface area (Å²) in [5, 5.41) is 0. The van der Waals surface area contributed by atoms with Crippen LogP contribution < -0.4 is 5.69 Å². The number of imidazole rings is 1. The van der Waals surface area contributed by atoms with E-state index in [1.54, 1.807) is 0 Å². The van der Waals surface area contributed by atoms with Crippen molar-refractivity contribution >= 4 is 27.0 Å². The molecule has 1 fully saturated rings. The molecule has 0 atom stereocenters. The number of rotatable bonds is 1. The molecule has 0 bridgehead atoms. The highest BCUT2D eigenvalue weighted by atomic mass is 79.9. The molecular weight excluding hydrogens is 294 g/mol. The van der Waals surface area contributed by atoms with Crippen molar-refractivity contribution in [2.75, 3.05) is 20.1 Å². The number of aromatic nitrogens is 2. The van der Waals surface area contributed by atoms with Gasteiger partial charge in [0.05, 0.1) is 11.0 Å². The normalized spacial score (nSPS) is 18.6. The van der Waals surface area contributed by atoms with E-state index in [0.29, 0.717) is 6.04 Å². The summed E-state index contributed by atoms with van der Waals surface area (Å²) in [5.41, 5.74) is 1.93. The molecular formula is C13H16BrN3O. The van der Waals surface area contributed by atoms with Crippen molar-refractivity contribution in [2.24, 2.45) is 0 Å². The van der Waals surface area contributed by atoms with E-state index in [1.807, 2.05) is 22.8 Å². The molecule has 1 saturated heterocycles. The molecule has 2 heterocycles. The van der Waals surface area contributed by atoms with Crippen LogP contribution in [0.2, 0.25) is 0 Å². The van der Waals surface area contributed by atoms with Crippen molar-refractivity contribution in [3.8, 4) is 0 Å². The van der Waals surface area contributed by atoms with Crippen LogP contribution in [0.1, 0.15) is 18.9 Å². The molecule has 0 radical (unpaired) electrons. The fourth-order valence-corrected chi connectivity index (χ4v) is 3.08. The Morgan fingerprint density at radius 3 is 2.78 bits per heavy atom. The minimum absolute atomic E-state index is 0.0117. The van der Waals surface area contributed by atoms with Crippen molar-refractivity contribution in [3.05, 3.63) is 33.2 Å². The molecule has 0 amide bonds. The first kappa shape index (κ1) is 12.0. The van der Waals surface area contributed by atoms with Crippen molar-refractivity contribution in [1.29, 1.82) is 0 Å². The number of hydrogen-bond acceptors (Lipinski definition) is 2. The lowest BCUT2D eigenvalue weighted by atomic mass is 10.1. The maximum atomic E-state index is 12.1. The number of likely N-dealkylation sites (tertiary alicyclic amines) is 1.